The zero-order chi connectivity index (χ0) is 16.2. The second-order valence-corrected chi connectivity index (χ2v) is 7.31. The van der Waals surface area contributed by atoms with E-state index in [1.807, 2.05) is 12.1 Å². The van der Waals surface area contributed by atoms with Crippen LogP contribution in [-0.2, 0) is 5.41 Å². The summed E-state index contributed by atoms with van der Waals surface area (Å²) < 4.78 is 0. The number of carbonyl (C=O) groups excluding carboxylic acids is 1. The quantitative estimate of drug-likeness (QED) is 0.922. The second kappa shape index (κ2) is 7.28. The molecule has 3 heteroatoms. The SMILES string of the molecule is CCCN(C(=O)c1ccc(C(C)(C)C)cc1)C1CCNCC1. The van der Waals surface area contributed by atoms with Gasteiger partial charge in [0.25, 0.3) is 5.91 Å². The van der Waals surface area contributed by atoms with Gasteiger partial charge in [-0.05, 0) is 55.5 Å². The van der Waals surface area contributed by atoms with Gasteiger partial charge in [-0.3, -0.25) is 4.79 Å². The van der Waals surface area contributed by atoms with Gasteiger partial charge in [0, 0.05) is 18.2 Å². The molecule has 0 saturated carbocycles. The summed E-state index contributed by atoms with van der Waals surface area (Å²) in [5.41, 5.74) is 2.22. The Labute approximate surface area is 135 Å². The predicted octanol–water partition coefficient (Wildman–Crippen LogP) is 3.59. The normalized spacial score (nSPS) is 16.5. The van der Waals surface area contributed by atoms with E-state index in [2.05, 4.69) is 50.0 Å². The van der Waals surface area contributed by atoms with Gasteiger partial charge >= 0.3 is 0 Å². The Morgan fingerprint density at radius 3 is 2.27 bits per heavy atom. The minimum absolute atomic E-state index is 0.125. The maximum absolute atomic E-state index is 12.9. The molecule has 122 valence electrons. The summed E-state index contributed by atoms with van der Waals surface area (Å²) >= 11 is 0. The van der Waals surface area contributed by atoms with Gasteiger partial charge in [0.15, 0.2) is 0 Å². The lowest BCUT2D eigenvalue weighted by molar-refractivity contribution is 0.0642. The summed E-state index contributed by atoms with van der Waals surface area (Å²) in [6, 6.07) is 8.56. The number of hydrogen-bond acceptors (Lipinski definition) is 2. The molecule has 0 aromatic heterocycles. The lowest BCUT2D eigenvalue weighted by Gasteiger charge is -2.34. The standard InChI is InChI=1S/C19H30N2O/c1-5-14-21(17-10-12-20-13-11-17)18(22)15-6-8-16(9-7-15)19(2,3)4/h6-9,17,20H,5,10-14H2,1-4H3. The van der Waals surface area contributed by atoms with E-state index in [0.29, 0.717) is 6.04 Å². The van der Waals surface area contributed by atoms with Crippen molar-refractivity contribution in [2.24, 2.45) is 0 Å². The third-order valence-corrected chi connectivity index (χ3v) is 4.47. The molecular formula is C19H30N2O. The molecule has 1 amide bonds. The first-order valence-corrected chi connectivity index (χ1v) is 8.55. The Morgan fingerprint density at radius 2 is 1.77 bits per heavy atom. The molecule has 1 heterocycles. The Bertz CT molecular complexity index is 481. The van der Waals surface area contributed by atoms with E-state index in [9.17, 15) is 4.79 Å². The van der Waals surface area contributed by atoms with Crippen molar-refractivity contribution < 1.29 is 4.79 Å². The molecule has 0 atom stereocenters. The average molecular weight is 302 g/mol. The average Bonchev–Trinajstić information content (AvgIpc) is 2.52. The fraction of sp³-hybridized carbons (Fsp3) is 0.632. The highest BCUT2D eigenvalue weighted by Crippen LogP contribution is 2.23. The van der Waals surface area contributed by atoms with Crippen LogP contribution in [0.5, 0.6) is 0 Å². The van der Waals surface area contributed by atoms with Crippen LogP contribution in [0, 0.1) is 0 Å². The molecule has 1 aliphatic rings. The number of nitrogens with one attached hydrogen (secondary N) is 1. The summed E-state index contributed by atoms with van der Waals surface area (Å²) in [5, 5.41) is 3.38. The van der Waals surface area contributed by atoms with Gasteiger partial charge in [0.05, 0.1) is 0 Å². The third kappa shape index (κ3) is 4.10. The van der Waals surface area contributed by atoms with Gasteiger partial charge < -0.3 is 10.2 Å². The maximum Gasteiger partial charge on any atom is 0.254 e. The molecule has 1 aliphatic heterocycles. The summed E-state index contributed by atoms with van der Waals surface area (Å²) in [7, 11) is 0. The maximum atomic E-state index is 12.9. The van der Waals surface area contributed by atoms with E-state index < -0.39 is 0 Å². The zero-order valence-corrected chi connectivity index (χ0v) is 14.5. The molecule has 1 N–H and O–H groups in total. The van der Waals surface area contributed by atoms with Gasteiger partial charge in [-0.25, -0.2) is 0 Å². The van der Waals surface area contributed by atoms with Crippen LogP contribution in [0.2, 0.25) is 0 Å². The number of hydrogen-bond donors (Lipinski definition) is 1. The molecule has 22 heavy (non-hydrogen) atoms. The predicted molar refractivity (Wildman–Crippen MR) is 92.4 cm³/mol. The highest BCUT2D eigenvalue weighted by Gasteiger charge is 2.25. The number of piperidine rings is 1. The molecule has 1 saturated heterocycles. The molecule has 0 unspecified atom stereocenters. The number of rotatable bonds is 4. The van der Waals surface area contributed by atoms with E-state index in [4.69, 9.17) is 0 Å². The molecule has 0 spiro atoms. The summed E-state index contributed by atoms with van der Waals surface area (Å²) in [4.78, 5) is 15.0. The molecular weight excluding hydrogens is 272 g/mol. The van der Waals surface area contributed by atoms with Gasteiger partial charge in [-0.1, -0.05) is 39.8 Å². The largest absolute Gasteiger partial charge is 0.336 e. The molecule has 2 rings (SSSR count). The van der Waals surface area contributed by atoms with Crippen LogP contribution in [0.4, 0.5) is 0 Å². The monoisotopic (exact) mass is 302 g/mol. The van der Waals surface area contributed by atoms with Crippen LogP contribution < -0.4 is 5.32 Å². The molecule has 3 nitrogen and oxygen atoms in total. The molecule has 1 aromatic carbocycles. The smallest absolute Gasteiger partial charge is 0.254 e. The number of benzene rings is 1. The fourth-order valence-corrected chi connectivity index (χ4v) is 3.09. The van der Waals surface area contributed by atoms with Crippen molar-refractivity contribution in [1.82, 2.24) is 10.2 Å². The summed E-state index contributed by atoms with van der Waals surface area (Å²) in [6.45, 7) is 11.6. The Kier molecular flexibility index (Phi) is 5.63. The molecule has 0 aliphatic carbocycles. The van der Waals surface area contributed by atoms with Crippen LogP contribution in [-0.4, -0.2) is 36.5 Å². The van der Waals surface area contributed by atoms with Gasteiger partial charge in [0.1, 0.15) is 0 Å². The summed E-state index contributed by atoms with van der Waals surface area (Å²) in [5.74, 6) is 0.189. The Balaban J connectivity index is 2.15. The highest BCUT2D eigenvalue weighted by molar-refractivity contribution is 5.94. The van der Waals surface area contributed by atoms with Crippen molar-refractivity contribution in [3.8, 4) is 0 Å². The van der Waals surface area contributed by atoms with Crippen LogP contribution in [0.1, 0.15) is 62.9 Å². The van der Waals surface area contributed by atoms with Crippen molar-refractivity contribution in [3.63, 3.8) is 0 Å². The highest BCUT2D eigenvalue weighted by atomic mass is 16.2. The molecule has 0 radical (unpaired) electrons. The Morgan fingerprint density at radius 1 is 1.18 bits per heavy atom. The van der Waals surface area contributed by atoms with Gasteiger partial charge in [-0.15, -0.1) is 0 Å². The Hall–Kier alpha value is -1.35. The van der Waals surface area contributed by atoms with E-state index in [-0.39, 0.29) is 11.3 Å². The second-order valence-electron chi connectivity index (χ2n) is 7.31. The van der Waals surface area contributed by atoms with Crippen LogP contribution in [0.3, 0.4) is 0 Å². The van der Waals surface area contributed by atoms with Crippen LogP contribution >= 0.6 is 0 Å². The summed E-state index contributed by atoms with van der Waals surface area (Å²) in [6.07, 6.45) is 3.13. The molecule has 1 fully saturated rings. The van der Waals surface area contributed by atoms with E-state index in [1.165, 1.54) is 5.56 Å². The first-order chi connectivity index (χ1) is 10.4. The van der Waals surface area contributed by atoms with Crippen LogP contribution in [0.15, 0.2) is 24.3 Å². The van der Waals surface area contributed by atoms with Gasteiger partial charge in [-0.2, -0.15) is 0 Å². The molecule has 1 aromatic rings. The first-order valence-electron chi connectivity index (χ1n) is 8.55. The van der Waals surface area contributed by atoms with Crippen molar-refractivity contribution >= 4 is 5.91 Å². The third-order valence-electron chi connectivity index (χ3n) is 4.47. The van der Waals surface area contributed by atoms with Crippen molar-refractivity contribution in [1.29, 1.82) is 0 Å². The lowest BCUT2D eigenvalue weighted by atomic mass is 9.86. The van der Waals surface area contributed by atoms with Crippen molar-refractivity contribution in [2.45, 2.75) is 58.4 Å². The fourth-order valence-electron chi connectivity index (χ4n) is 3.09. The van der Waals surface area contributed by atoms with Crippen molar-refractivity contribution in [2.75, 3.05) is 19.6 Å². The topological polar surface area (TPSA) is 32.3 Å². The van der Waals surface area contributed by atoms with E-state index >= 15 is 0 Å². The van der Waals surface area contributed by atoms with Crippen LogP contribution in [0.25, 0.3) is 0 Å². The number of amides is 1. The number of nitrogens with zero attached hydrogens (tertiary/aromatic N) is 1. The lowest BCUT2D eigenvalue weighted by Crippen LogP contribution is -2.46. The minimum atomic E-state index is 0.125. The minimum Gasteiger partial charge on any atom is -0.336 e. The van der Waals surface area contributed by atoms with E-state index in [1.54, 1.807) is 0 Å². The van der Waals surface area contributed by atoms with Crippen molar-refractivity contribution in [3.05, 3.63) is 35.4 Å². The first kappa shape index (κ1) is 17.0. The van der Waals surface area contributed by atoms with E-state index in [0.717, 1.165) is 44.5 Å². The zero-order valence-electron chi connectivity index (χ0n) is 14.5. The number of carbonyl (C=O) groups is 1. The van der Waals surface area contributed by atoms with Gasteiger partial charge in [0.2, 0.25) is 0 Å². The molecule has 0 bridgehead atoms.